The summed E-state index contributed by atoms with van der Waals surface area (Å²) in [5, 5.41) is 10.7. The van der Waals surface area contributed by atoms with Crippen LogP contribution < -0.4 is 0 Å². The van der Waals surface area contributed by atoms with Gasteiger partial charge in [0.2, 0.25) is 0 Å². The van der Waals surface area contributed by atoms with Crippen molar-refractivity contribution in [1.82, 2.24) is 0 Å². The highest BCUT2D eigenvalue weighted by molar-refractivity contribution is 6.30. The molecular weight excluding hydrogens is 232 g/mol. The molecule has 2 rings (SSSR count). The van der Waals surface area contributed by atoms with Gasteiger partial charge in [-0.2, -0.15) is 0 Å². The molecule has 0 radical (unpaired) electrons. The van der Waals surface area contributed by atoms with Gasteiger partial charge in [-0.05, 0) is 36.1 Å². The molecule has 0 bridgehead atoms. The van der Waals surface area contributed by atoms with E-state index in [0.717, 1.165) is 18.4 Å². The second-order valence-electron chi connectivity index (χ2n) is 4.09. The van der Waals surface area contributed by atoms with Crippen molar-refractivity contribution in [2.24, 2.45) is 0 Å². The Morgan fingerprint density at radius 3 is 2.24 bits per heavy atom. The molecule has 0 spiro atoms. The van der Waals surface area contributed by atoms with Gasteiger partial charge in [-0.15, -0.1) is 0 Å². The van der Waals surface area contributed by atoms with Gasteiger partial charge in [-0.25, -0.2) is 0 Å². The van der Waals surface area contributed by atoms with Crippen LogP contribution in [0.25, 0.3) is 0 Å². The molecule has 0 unspecified atom stereocenters. The summed E-state index contributed by atoms with van der Waals surface area (Å²) < 4.78 is 0. The summed E-state index contributed by atoms with van der Waals surface area (Å²) in [6, 6.07) is 17.6. The zero-order valence-electron chi connectivity index (χ0n) is 9.51. The Bertz CT molecular complexity index is 450. The maximum absolute atomic E-state index is 10.0. The van der Waals surface area contributed by atoms with Crippen LogP contribution in [0.2, 0.25) is 5.02 Å². The minimum atomic E-state index is -0.424. The van der Waals surface area contributed by atoms with E-state index in [0.29, 0.717) is 5.02 Å². The molecule has 1 atom stereocenters. The van der Waals surface area contributed by atoms with E-state index in [1.54, 1.807) is 0 Å². The fourth-order valence-electron chi connectivity index (χ4n) is 1.80. The molecule has 2 heteroatoms. The standard InChI is InChI=1S/C15H15ClO/c16-14-9-7-13(8-10-14)15(17)11-6-12-4-2-1-3-5-12/h1-5,7-10,15,17H,6,11H2/t15-/m1/s1. The molecule has 0 heterocycles. The van der Waals surface area contributed by atoms with E-state index < -0.39 is 6.10 Å². The van der Waals surface area contributed by atoms with Gasteiger partial charge < -0.3 is 5.11 Å². The van der Waals surface area contributed by atoms with Crippen LogP contribution in [-0.2, 0) is 6.42 Å². The summed E-state index contributed by atoms with van der Waals surface area (Å²) >= 11 is 5.81. The third kappa shape index (κ3) is 3.58. The molecule has 88 valence electrons. The van der Waals surface area contributed by atoms with Crippen molar-refractivity contribution >= 4 is 11.6 Å². The molecule has 2 aromatic rings. The molecule has 1 nitrogen and oxygen atoms in total. The summed E-state index contributed by atoms with van der Waals surface area (Å²) in [5.41, 5.74) is 2.17. The Labute approximate surface area is 107 Å². The first kappa shape index (κ1) is 12.2. The number of aryl methyl sites for hydroxylation is 1. The Kier molecular flexibility index (Phi) is 4.18. The van der Waals surface area contributed by atoms with Gasteiger partial charge in [0.1, 0.15) is 0 Å². The predicted octanol–water partition coefficient (Wildman–Crippen LogP) is 4.01. The lowest BCUT2D eigenvalue weighted by Gasteiger charge is -2.10. The fourth-order valence-corrected chi connectivity index (χ4v) is 1.93. The van der Waals surface area contributed by atoms with Gasteiger partial charge >= 0.3 is 0 Å². The molecule has 0 aromatic heterocycles. The minimum Gasteiger partial charge on any atom is -0.388 e. The number of hydrogen-bond donors (Lipinski definition) is 1. The molecule has 0 amide bonds. The number of aliphatic hydroxyl groups excluding tert-OH is 1. The van der Waals surface area contributed by atoms with E-state index in [2.05, 4.69) is 12.1 Å². The van der Waals surface area contributed by atoms with Crippen LogP contribution in [-0.4, -0.2) is 5.11 Å². The van der Waals surface area contributed by atoms with Crippen LogP contribution in [0.5, 0.6) is 0 Å². The van der Waals surface area contributed by atoms with Crippen LogP contribution in [0, 0.1) is 0 Å². The van der Waals surface area contributed by atoms with E-state index in [9.17, 15) is 5.11 Å². The first-order valence-corrected chi connectivity index (χ1v) is 6.11. The van der Waals surface area contributed by atoms with Crippen molar-refractivity contribution in [3.05, 3.63) is 70.7 Å². The molecule has 0 aliphatic heterocycles. The number of aliphatic hydroxyl groups is 1. The van der Waals surface area contributed by atoms with Crippen molar-refractivity contribution in [2.75, 3.05) is 0 Å². The zero-order valence-corrected chi connectivity index (χ0v) is 10.3. The van der Waals surface area contributed by atoms with Crippen molar-refractivity contribution < 1.29 is 5.11 Å². The maximum atomic E-state index is 10.0. The molecule has 0 aliphatic carbocycles. The lowest BCUT2D eigenvalue weighted by Crippen LogP contribution is -1.99. The van der Waals surface area contributed by atoms with Gasteiger partial charge in [0.15, 0.2) is 0 Å². The average molecular weight is 247 g/mol. The van der Waals surface area contributed by atoms with E-state index in [-0.39, 0.29) is 0 Å². The number of halogens is 1. The second-order valence-corrected chi connectivity index (χ2v) is 4.53. The maximum Gasteiger partial charge on any atom is 0.0793 e. The lowest BCUT2D eigenvalue weighted by atomic mass is 10.0. The van der Waals surface area contributed by atoms with Crippen molar-refractivity contribution in [3.8, 4) is 0 Å². The van der Waals surface area contributed by atoms with Gasteiger partial charge in [0, 0.05) is 5.02 Å². The SMILES string of the molecule is O[C@H](CCc1ccccc1)c1ccc(Cl)cc1. The highest BCUT2D eigenvalue weighted by Gasteiger charge is 2.07. The minimum absolute atomic E-state index is 0.424. The topological polar surface area (TPSA) is 20.2 Å². The molecule has 2 aromatic carbocycles. The van der Waals surface area contributed by atoms with Crippen molar-refractivity contribution in [3.63, 3.8) is 0 Å². The number of rotatable bonds is 4. The van der Waals surface area contributed by atoms with E-state index in [1.165, 1.54) is 5.56 Å². The molecule has 0 aliphatic rings. The quantitative estimate of drug-likeness (QED) is 0.864. The highest BCUT2D eigenvalue weighted by Crippen LogP contribution is 2.20. The second kappa shape index (κ2) is 5.85. The molecule has 1 N–H and O–H groups in total. The van der Waals surface area contributed by atoms with Gasteiger partial charge in [-0.3, -0.25) is 0 Å². The number of benzene rings is 2. The lowest BCUT2D eigenvalue weighted by molar-refractivity contribution is 0.168. The smallest absolute Gasteiger partial charge is 0.0793 e. The molecule has 0 saturated carbocycles. The van der Waals surface area contributed by atoms with Crippen LogP contribution in [0.4, 0.5) is 0 Å². The van der Waals surface area contributed by atoms with Gasteiger partial charge in [-0.1, -0.05) is 54.1 Å². The summed E-state index contributed by atoms with van der Waals surface area (Å²) in [7, 11) is 0. The largest absolute Gasteiger partial charge is 0.388 e. The number of hydrogen-bond acceptors (Lipinski definition) is 1. The third-order valence-corrected chi connectivity index (χ3v) is 3.06. The Morgan fingerprint density at radius 1 is 0.941 bits per heavy atom. The normalized spacial score (nSPS) is 12.4. The fraction of sp³-hybridized carbons (Fsp3) is 0.200. The van der Waals surface area contributed by atoms with Gasteiger partial charge in [0.25, 0.3) is 0 Å². The first-order chi connectivity index (χ1) is 8.25. The molecule has 0 saturated heterocycles. The molecular formula is C15H15ClO. The van der Waals surface area contributed by atoms with Crippen molar-refractivity contribution in [1.29, 1.82) is 0 Å². The predicted molar refractivity (Wildman–Crippen MR) is 71.2 cm³/mol. The Balaban J connectivity index is 1.93. The Morgan fingerprint density at radius 2 is 1.59 bits per heavy atom. The summed E-state index contributed by atoms with van der Waals surface area (Å²) in [6.07, 6.45) is 1.18. The monoisotopic (exact) mass is 246 g/mol. The van der Waals surface area contributed by atoms with E-state index in [1.807, 2.05) is 42.5 Å². The van der Waals surface area contributed by atoms with E-state index in [4.69, 9.17) is 11.6 Å². The summed E-state index contributed by atoms with van der Waals surface area (Å²) in [6.45, 7) is 0. The first-order valence-electron chi connectivity index (χ1n) is 5.73. The van der Waals surface area contributed by atoms with Gasteiger partial charge in [0.05, 0.1) is 6.10 Å². The highest BCUT2D eigenvalue weighted by atomic mass is 35.5. The van der Waals surface area contributed by atoms with Crippen LogP contribution in [0.1, 0.15) is 23.7 Å². The molecule has 0 fully saturated rings. The van der Waals surface area contributed by atoms with Crippen LogP contribution in [0.3, 0.4) is 0 Å². The van der Waals surface area contributed by atoms with Crippen LogP contribution in [0.15, 0.2) is 54.6 Å². The molecule has 17 heavy (non-hydrogen) atoms. The summed E-state index contributed by atoms with van der Waals surface area (Å²) in [5.74, 6) is 0. The van der Waals surface area contributed by atoms with Crippen LogP contribution >= 0.6 is 11.6 Å². The average Bonchev–Trinajstić information content (AvgIpc) is 2.38. The van der Waals surface area contributed by atoms with E-state index >= 15 is 0 Å². The zero-order chi connectivity index (χ0) is 12.1. The van der Waals surface area contributed by atoms with Crippen molar-refractivity contribution in [2.45, 2.75) is 18.9 Å². The summed E-state index contributed by atoms with van der Waals surface area (Å²) in [4.78, 5) is 0. The Hall–Kier alpha value is -1.31. The third-order valence-electron chi connectivity index (χ3n) is 2.80.